The van der Waals surface area contributed by atoms with Crippen LogP contribution in [-0.2, 0) is 17.8 Å². The molecule has 1 aliphatic rings. The lowest BCUT2D eigenvalue weighted by molar-refractivity contribution is 0.0956. The van der Waals surface area contributed by atoms with Crippen molar-refractivity contribution in [3.05, 3.63) is 69.6 Å². The molecular weight excluding hydrogens is 391 g/mol. The molecule has 1 aromatic carbocycles. The molecule has 0 amide bonds. The summed E-state index contributed by atoms with van der Waals surface area (Å²) < 4.78 is 20.5. The van der Waals surface area contributed by atoms with Gasteiger partial charge in [0.05, 0.1) is 23.6 Å². The maximum atomic E-state index is 13.4. The quantitative estimate of drug-likeness (QED) is 0.510. The monoisotopic (exact) mass is 408 g/mol. The van der Waals surface area contributed by atoms with Crippen molar-refractivity contribution in [2.75, 3.05) is 7.11 Å². The van der Waals surface area contributed by atoms with Crippen LogP contribution in [0.4, 0.5) is 4.39 Å². The van der Waals surface area contributed by atoms with Crippen LogP contribution in [0.15, 0.2) is 41.8 Å². The zero-order valence-electron chi connectivity index (χ0n) is 15.6. The van der Waals surface area contributed by atoms with E-state index >= 15 is 0 Å². The number of nitrogens with zero attached hydrogens (tertiary/aromatic N) is 4. The van der Waals surface area contributed by atoms with Gasteiger partial charge in [0.15, 0.2) is 17.1 Å². The third-order valence-electron chi connectivity index (χ3n) is 5.20. The average Bonchev–Trinajstić information content (AvgIpc) is 3.37. The normalized spacial score (nSPS) is 16.3. The molecule has 6 nitrogen and oxygen atoms in total. The zero-order valence-corrected chi connectivity index (χ0v) is 16.4. The molecule has 0 spiro atoms. The molecule has 4 aromatic rings. The van der Waals surface area contributed by atoms with Crippen molar-refractivity contribution >= 4 is 22.8 Å². The number of rotatable bonds is 4. The number of halogens is 1. The van der Waals surface area contributed by atoms with E-state index in [0.29, 0.717) is 29.9 Å². The lowest BCUT2D eigenvalue weighted by atomic mass is 9.87. The third kappa shape index (κ3) is 3.04. The van der Waals surface area contributed by atoms with E-state index in [1.165, 1.54) is 17.0 Å². The molecule has 29 heavy (non-hydrogen) atoms. The molecular formula is C21H17FN4O2S. The smallest absolute Gasteiger partial charge is 0.185 e. The van der Waals surface area contributed by atoms with Crippen molar-refractivity contribution in [1.29, 1.82) is 0 Å². The second-order valence-corrected chi connectivity index (χ2v) is 8.02. The van der Waals surface area contributed by atoms with Gasteiger partial charge in [-0.2, -0.15) is 5.10 Å². The van der Waals surface area contributed by atoms with Crippen LogP contribution >= 0.6 is 11.3 Å². The number of thiophene rings is 1. The molecule has 0 saturated heterocycles. The Morgan fingerprint density at radius 3 is 2.76 bits per heavy atom. The van der Waals surface area contributed by atoms with Gasteiger partial charge in [0.1, 0.15) is 5.82 Å². The van der Waals surface area contributed by atoms with E-state index in [1.807, 2.05) is 11.4 Å². The summed E-state index contributed by atoms with van der Waals surface area (Å²) >= 11 is 1.65. The van der Waals surface area contributed by atoms with Crippen LogP contribution in [0.1, 0.15) is 39.1 Å². The van der Waals surface area contributed by atoms with E-state index in [2.05, 4.69) is 16.3 Å². The van der Waals surface area contributed by atoms with Crippen LogP contribution in [0.5, 0.6) is 0 Å². The molecule has 3 aromatic heterocycles. The highest BCUT2D eigenvalue weighted by Gasteiger charge is 2.32. The Bertz CT molecular complexity index is 1200. The SMILES string of the molecule is COCc1nn2c3c(nnc2c1-c1ccc(F)cc1)C(=O)CC(c1cccs1)C3. The molecule has 1 aliphatic carbocycles. The van der Waals surface area contributed by atoms with E-state index in [0.717, 1.165) is 16.8 Å². The number of benzene rings is 1. The van der Waals surface area contributed by atoms with Crippen molar-refractivity contribution in [3.63, 3.8) is 0 Å². The molecule has 1 atom stereocenters. The average molecular weight is 408 g/mol. The van der Waals surface area contributed by atoms with Crippen molar-refractivity contribution in [1.82, 2.24) is 19.8 Å². The minimum atomic E-state index is -0.314. The fraction of sp³-hybridized carbons (Fsp3) is 0.238. The van der Waals surface area contributed by atoms with E-state index in [4.69, 9.17) is 9.84 Å². The first-order valence-electron chi connectivity index (χ1n) is 9.24. The van der Waals surface area contributed by atoms with Crippen LogP contribution in [0.2, 0.25) is 0 Å². The molecule has 8 heteroatoms. The number of carbonyl (C=O) groups excluding carboxylic acids is 1. The fourth-order valence-corrected chi connectivity index (χ4v) is 4.72. The van der Waals surface area contributed by atoms with Gasteiger partial charge in [0.2, 0.25) is 0 Å². The van der Waals surface area contributed by atoms with E-state index in [1.54, 1.807) is 35.1 Å². The molecule has 0 fully saturated rings. The van der Waals surface area contributed by atoms with Gasteiger partial charge in [-0.05, 0) is 29.1 Å². The maximum Gasteiger partial charge on any atom is 0.185 e. The number of fused-ring (bicyclic) bond motifs is 3. The number of hydrogen-bond donors (Lipinski definition) is 0. The Hall–Kier alpha value is -2.97. The van der Waals surface area contributed by atoms with E-state index in [-0.39, 0.29) is 24.1 Å². The van der Waals surface area contributed by atoms with Gasteiger partial charge in [-0.15, -0.1) is 21.5 Å². The highest BCUT2D eigenvalue weighted by molar-refractivity contribution is 7.10. The first-order valence-corrected chi connectivity index (χ1v) is 10.1. The zero-order chi connectivity index (χ0) is 20.0. The van der Waals surface area contributed by atoms with Crippen molar-refractivity contribution in [2.45, 2.75) is 25.4 Å². The molecule has 146 valence electrons. The molecule has 0 bridgehead atoms. The molecule has 3 heterocycles. The topological polar surface area (TPSA) is 69.4 Å². The first-order chi connectivity index (χ1) is 14.2. The first kappa shape index (κ1) is 18.1. The number of ketones is 1. The highest BCUT2D eigenvalue weighted by Crippen LogP contribution is 2.36. The third-order valence-corrected chi connectivity index (χ3v) is 6.24. The lowest BCUT2D eigenvalue weighted by Gasteiger charge is -2.21. The second kappa shape index (κ2) is 7.13. The lowest BCUT2D eigenvalue weighted by Crippen LogP contribution is -2.23. The number of ether oxygens (including phenoxy) is 1. The van der Waals surface area contributed by atoms with Crippen LogP contribution in [0.25, 0.3) is 16.8 Å². The van der Waals surface area contributed by atoms with Gasteiger partial charge in [-0.1, -0.05) is 18.2 Å². The van der Waals surface area contributed by atoms with Crippen molar-refractivity contribution in [2.24, 2.45) is 0 Å². The summed E-state index contributed by atoms with van der Waals surface area (Å²) in [4.78, 5) is 13.9. The number of Topliss-reactive ketones (excluding diaryl/α,β-unsaturated/α-hetero) is 1. The van der Waals surface area contributed by atoms with Gasteiger partial charge >= 0.3 is 0 Å². The summed E-state index contributed by atoms with van der Waals surface area (Å²) in [5.74, 6) is -0.232. The number of aromatic nitrogens is 4. The predicted molar refractivity (Wildman–Crippen MR) is 107 cm³/mol. The predicted octanol–water partition coefficient (Wildman–Crippen LogP) is 4.05. The van der Waals surface area contributed by atoms with Crippen molar-refractivity contribution < 1.29 is 13.9 Å². The molecule has 0 radical (unpaired) electrons. The Morgan fingerprint density at radius 2 is 2.03 bits per heavy atom. The standard InChI is InChI=1S/C21H17FN4O2S/c1-28-11-15-19(12-4-6-14(22)7-5-12)21-24-23-20-16(26(21)25-15)9-13(10-17(20)27)18-3-2-8-29-18/h2-8,13H,9-11H2,1H3. The summed E-state index contributed by atoms with van der Waals surface area (Å²) in [5.41, 5.74) is 3.87. The summed E-state index contributed by atoms with van der Waals surface area (Å²) in [7, 11) is 1.59. The van der Waals surface area contributed by atoms with Crippen LogP contribution < -0.4 is 0 Å². The number of carbonyl (C=O) groups is 1. The van der Waals surface area contributed by atoms with Gasteiger partial charge in [-0.3, -0.25) is 4.79 Å². The maximum absolute atomic E-state index is 13.4. The van der Waals surface area contributed by atoms with Crippen LogP contribution in [0.3, 0.4) is 0 Å². The summed E-state index contributed by atoms with van der Waals surface area (Å²) in [6.07, 6.45) is 1.08. The molecule has 1 unspecified atom stereocenters. The molecule has 5 rings (SSSR count). The summed E-state index contributed by atoms with van der Waals surface area (Å²) in [6.45, 7) is 0.271. The minimum Gasteiger partial charge on any atom is -0.378 e. The molecule has 0 N–H and O–H groups in total. The Kier molecular flexibility index (Phi) is 4.44. The Balaban J connectivity index is 1.70. The van der Waals surface area contributed by atoms with E-state index in [9.17, 15) is 9.18 Å². The van der Waals surface area contributed by atoms with Gasteiger partial charge in [-0.25, -0.2) is 8.91 Å². The summed E-state index contributed by atoms with van der Waals surface area (Å²) in [5, 5.41) is 15.3. The van der Waals surface area contributed by atoms with Gasteiger partial charge < -0.3 is 4.74 Å². The number of hydrogen-bond acceptors (Lipinski definition) is 6. The molecule has 0 saturated carbocycles. The van der Waals surface area contributed by atoms with Gasteiger partial charge in [0.25, 0.3) is 0 Å². The van der Waals surface area contributed by atoms with Crippen molar-refractivity contribution in [3.8, 4) is 11.1 Å². The summed E-state index contributed by atoms with van der Waals surface area (Å²) in [6, 6.07) is 10.2. The Morgan fingerprint density at radius 1 is 1.21 bits per heavy atom. The highest BCUT2D eigenvalue weighted by atomic mass is 32.1. The van der Waals surface area contributed by atoms with Gasteiger partial charge in [0, 0.05) is 30.7 Å². The minimum absolute atomic E-state index is 0.0221. The second-order valence-electron chi connectivity index (χ2n) is 7.04. The van der Waals surface area contributed by atoms with E-state index < -0.39 is 0 Å². The number of methoxy groups -OCH3 is 1. The Labute approximate surface area is 170 Å². The molecule has 0 aliphatic heterocycles. The fourth-order valence-electron chi connectivity index (χ4n) is 3.89. The largest absolute Gasteiger partial charge is 0.378 e. The van der Waals surface area contributed by atoms with Crippen LogP contribution in [0, 0.1) is 5.82 Å². The van der Waals surface area contributed by atoms with Crippen LogP contribution in [-0.4, -0.2) is 32.7 Å².